The minimum Gasteiger partial charge on any atom is -0.508 e. The van der Waals surface area contributed by atoms with Gasteiger partial charge < -0.3 is 24.9 Å². The highest BCUT2D eigenvalue weighted by atomic mass is 32.2. The molecule has 46 heavy (non-hydrogen) atoms. The monoisotopic (exact) mass is 655 g/mol. The van der Waals surface area contributed by atoms with Crippen LogP contribution >= 0.6 is 23.1 Å². The zero-order chi connectivity index (χ0) is 31.7. The molecule has 3 heterocycles. The number of aromatic hydroxyl groups is 1. The molecule has 0 radical (unpaired) electrons. The van der Waals surface area contributed by atoms with E-state index < -0.39 is 11.8 Å². The number of aromatic amines is 1. The number of benzene rings is 3. The van der Waals surface area contributed by atoms with Gasteiger partial charge in [0.25, 0.3) is 5.91 Å². The Morgan fingerprint density at radius 1 is 0.978 bits per heavy atom. The van der Waals surface area contributed by atoms with Crippen molar-refractivity contribution in [3.8, 4) is 17.2 Å². The third-order valence-corrected chi connectivity index (χ3v) is 12.4. The van der Waals surface area contributed by atoms with Gasteiger partial charge in [-0.1, -0.05) is 29.5 Å². The molecule has 2 bridgehead atoms. The van der Waals surface area contributed by atoms with Crippen LogP contribution < -0.4 is 24.6 Å². The van der Waals surface area contributed by atoms with Crippen LogP contribution in [0.4, 0.5) is 11.4 Å². The molecule has 10 nitrogen and oxygen atoms in total. The van der Waals surface area contributed by atoms with Crippen LogP contribution in [0.25, 0.3) is 0 Å². The molecular formula is C34H29N3O7S2. The first-order chi connectivity index (χ1) is 22.3. The van der Waals surface area contributed by atoms with E-state index in [9.17, 15) is 24.3 Å². The number of hydrogen-bond acceptors (Lipinski definition) is 9. The van der Waals surface area contributed by atoms with Crippen molar-refractivity contribution in [1.82, 2.24) is 4.98 Å². The van der Waals surface area contributed by atoms with Gasteiger partial charge in [-0.2, -0.15) is 0 Å². The molecule has 3 aromatic carbocycles. The number of anilines is 2. The number of carbonyl (C=O) groups excluding carboxylic acids is 3. The van der Waals surface area contributed by atoms with E-state index in [4.69, 9.17) is 9.47 Å². The van der Waals surface area contributed by atoms with Crippen LogP contribution in [0.1, 0.15) is 22.8 Å². The number of nitrogens with zero attached hydrogens (tertiary/aromatic N) is 1. The Hall–Kier alpha value is -4.55. The molecule has 3 amide bonds. The number of nitrogens with one attached hydrogen (secondary N) is 2. The maximum atomic E-state index is 14.1. The van der Waals surface area contributed by atoms with E-state index in [-0.39, 0.29) is 63.9 Å². The summed E-state index contributed by atoms with van der Waals surface area (Å²) in [6.07, 6.45) is 0.763. The number of rotatable bonds is 7. The number of amides is 3. The number of methoxy groups -OCH3 is 1. The maximum absolute atomic E-state index is 14.1. The standard InChI is InChI=1S/C34H29N3O7S2/c1-43-19-12-8-17(9-13-19)37-32(40)27-21-14-22(28(27)33(37)41)29-26(21)25(30-31(45-29)36-34(42)46-30)20-4-2-3-5-23(20)44-15-24(39)35-16-6-10-18(38)11-7-16/h2-13,21-22,25-29,38H,14-15H2,1H3,(H,35,39)(H,36,42)/t21-,22-,25-,26?,27?,28?,29?/m1/s1. The van der Waals surface area contributed by atoms with Crippen molar-refractivity contribution >= 4 is 52.2 Å². The normalized spacial score (nSPS) is 27.2. The van der Waals surface area contributed by atoms with Crippen LogP contribution in [0, 0.1) is 29.6 Å². The van der Waals surface area contributed by atoms with E-state index in [1.165, 1.54) is 28.4 Å². The first kappa shape index (κ1) is 28.9. The molecule has 4 aliphatic rings. The van der Waals surface area contributed by atoms with Gasteiger partial charge in [0.15, 0.2) is 6.61 Å². The van der Waals surface area contributed by atoms with Gasteiger partial charge in [-0.05, 0) is 78.8 Å². The molecule has 7 atom stereocenters. The average molecular weight is 656 g/mol. The number of carbonyl (C=O) groups is 3. The Bertz CT molecular complexity index is 1920. The van der Waals surface area contributed by atoms with Crippen molar-refractivity contribution in [2.45, 2.75) is 22.6 Å². The lowest BCUT2D eigenvalue weighted by molar-refractivity contribution is -0.123. The summed E-state index contributed by atoms with van der Waals surface area (Å²) in [7, 11) is 1.57. The highest BCUT2D eigenvalue weighted by molar-refractivity contribution is 8.00. The first-order valence-electron chi connectivity index (χ1n) is 15.0. The molecule has 234 valence electrons. The number of thiazole rings is 1. The predicted molar refractivity (Wildman–Crippen MR) is 173 cm³/mol. The Morgan fingerprint density at radius 3 is 2.43 bits per heavy atom. The Balaban J connectivity index is 1.11. The van der Waals surface area contributed by atoms with Crippen LogP contribution in [0.5, 0.6) is 17.2 Å². The summed E-state index contributed by atoms with van der Waals surface area (Å²) in [5.41, 5.74) is 1.92. The third-order valence-electron chi connectivity index (χ3n) is 9.82. The van der Waals surface area contributed by atoms with Crippen LogP contribution in [0.3, 0.4) is 0 Å². The van der Waals surface area contributed by atoms with Crippen molar-refractivity contribution in [3.63, 3.8) is 0 Å². The van der Waals surface area contributed by atoms with Crippen molar-refractivity contribution in [2.75, 3.05) is 23.9 Å². The zero-order valence-electron chi connectivity index (χ0n) is 24.5. The van der Waals surface area contributed by atoms with E-state index in [2.05, 4.69) is 10.3 Å². The van der Waals surface area contributed by atoms with Crippen LogP contribution in [0.2, 0.25) is 0 Å². The lowest BCUT2D eigenvalue weighted by atomic mass is 9.68. The minimum atomic E-state index is -0.440. The number of aromatic nitrogens is 1. The largest absolute Gasteiger partial charge is 0.508 e. The van der Waals surface area contributed by atoms with Gasteiger partial charge >= 0.3 is 4.87 Å². The molecule has 1 aromatic heterocycles. The summed E-state index contributed by atoms with van der Waals surface area (Å²) in [5.74, 6) is -0.610. The summed E-state index contributed by atoms with van der Waals surface area (Å²) in [6.45, 7) is -0.246. The van der Waals surface area contributed by atoms with Gasteiger partial charge in [0.2, 0.25) is 11.8 Å². The Labute approximate surface area is 271 Å². The van der Waals surface area contributed by atoms with Gasteiger partial charge in [0.1, 0.15) is 17.2 Å². The number of thioether (sulfide) groups is 1. The number of fused-ring (bicyclic) bond motifs is 9. The average Bonchev–Trinajstić information content (AvgIpc) is 3.80. The maximum Gasteiger partial charge on any atom is 0.305 e. The molecule has 12 heteroatoms. The molecule has 2 aliphatic heterocycles. The fourth-order valence-corrected chi connectivity index (χ4v) is 11.0. The second-order valence-electron chi connectivity index (χ2n) is 12.1. The molecular weight excluding hydrogens is 627 g/mol. The van der Waals surface area contributed by atoms with E-state index in [0.29, 0.717) is 22.9 Å². The van der Waals surface area contributed by atoms with Crippen molar-refractivity contribution in [3.05, 3.63) is 92.9 Å². The number of phenols is 1. The second-order valence-corrected chi connectivity index (χ2v) is 14.3. The van der Waals surface area contributed by atoms with Gasteiger partial charge in [-0.25, -0.2) is 0 Å². The molecule has 1 saturated heterocycles. The number of phenolic OH excluding ortho intramolecular Hbond substituents is 1. The SMILES string of the molecule is COc1ccc(N2C(=O)C3C(C2=O)[C@@H]2C[C@H]3C3Sc4[nH]c(=O)sc4[C@H](c4ccccc4OCC(=O)Nc4ccc(O)cc4)C32)cc1. The fraction of sp³-hybridized carbons (Fsp3) is 0.294. The summed E-state index contributed by atoms with van der Waals surface area (Å²) in [4.78, 5) is 58.6. The molecule has 3 N–H and O–H groups in total. The number of para-hydroxylation sites is 1. The topological polar surface area (TPSA) is 138 Å². The van der Waals surface area contributed by atoms with Gasteiger partial charge in [-0.3, -0.25) is 24.1 Å². The van der Waals surface area contributed by atoms with Gasteiger partial charge in [0, 0.05) is 27.3 Å². The van der Waals surface area contributed by atoms with E-state index in [1.807, 2.05) is 24.3 Å². The van der Waals surface area contributed by atoms with Gasteiger partial charge in [0.05, 0.1) is 29.7 Å². The summed E-state index contributed by atoms with van der Waals surface area (Å²) >= 11 is 2.80. The molecule has 4 unspecified atom stereocenters. The third kappa shape index (κ3) is 4.53. The second kappa shape index (κ2) is 11.1. The van der Waals surface area contributed by atoms with Crippen molar-refractivity contribution < 1.29 is 29.0 Å². The molecule has 3 fully saturated rings. The molecule has 8 rings (SSSR count). The lowest BCUT2D eigenvalue weighted by Gasteiger charge is -2.43. The number of hydrogen-bond donors (Lipinski definition) is 3. The summed E-state index contributed by atoms with van der Waals surface area (Å²) in [6, 6.07) is 20.7. The van der Waals surface area contributed by atoms with Crippen molar-refractivity contribution in [2.24, 2.45) is 29.6 Å². The lowest BCUT2D eigenvalue weighted by Crippen LogP contribution is -2.42. The smallest absolute Gasteiger partial charge is 0.305 e. The highest BCUT2D eigenvalue weighted by Gasteiger charge is 2.69. The van der Waals surface area contributed by atoms with Gasteiger partial charge in [-0.15, -0.1) is 11.8 Å². The molecule has 4 aromatic rings. The van der Waals surface area contributed by atoms with Crippen LogP contribution in [-0.4, -0.2) is 46.8 Å². The van der Waals surface area contributed by atoms with E-state index in [1.54, 1.807) is 55.3 Å². The molecule has 2 saturated carbocycles. The molecule has 2 aliphatic carbocycles. The van der Waals surface area contributed by atoms with Crippen LogP contribution in [0.15, 0.2) is 82.6 Å². The Kier molecular flexibility index (Phi) is 6.95. The summed E-state index contributed by atoms with van der Waals surface area (Å²) in [5, 5.41) is 13.1. The number of imide groups is 1. The Morgan fingerprint density at radius 2 is 1.70 bits per heavy atom. The fourth-order valence-electron chi connectivity index (χ4n) is 8.10. The number of ether oxygens (including phenoxy) is 2. The molecule has 0 spiro atoms. The predicted octanol–water partition coefficient (Wildman–Crippen LogP) is 4.85. The quantitative estimate of drug-likeness (QED) is 0.190. The highest BCUT2D eigenvalue weighted by Crippen LogP contribution is 2.69. The van der Waals surface area contributed by atoms with E-state index >= 15 is 0 Å². The zero-order valence-corrected chi connectivity index (χ0v) is 26.2. The minimum absolute atomic E-state index is 0.0154. The first-order valence-corrected chi connectivity index (χ1v) is 16.7. The van der Waals surface area contributed by atoms with Crippen molar-refractivity contribution in [1.29, 1.82) is 0 Å². The van der Waals surface area contributed by atoms with E-state index in [0.717, 1.165) is 21.9 Å². The number of H-pyrrole nitrogens is 1. The van der Waals surface area contributed by atoms with Crippen LogP contribution in [-0.2, 0) is 14.4 Å². The summed E-state index contributed by atoms with van der Waals surface area (Å²) < 4.78 is 11.4.